The molecule has 0 unspecified atom stereocenters. The van der Waals surface area contributed by atoms with E-state index < -0.39 is 11.7 Å². The summed E-state index contributed by atoms with van der Waals surface area (Å²) in [4.78, 5) is 12.1. The van der Waals surface area contributed by atoms with E-state index in [0.29, 0.717) is 6.42 Å². The molecule has 118 valence electrons. The second kappa shape index (κ2) is 7.69. The standard InChI is InChI=1S/C15H19ClF3NO/c1-3-5-6-10(4-2)14(21)20-11-7-8-13(16)12(9-11)15(17,18)19/h7-10H,3-6H2,1-2H3,(H,20,21)/t10-/m0/s1. The predicted molar refractivity (Wildman–Crippen MR) is 78.4 cm³/mol. The Morgan fingerprint density at radius 2 is 2.00 bits per heavy atom. The number of anilines is 1. The highest BCUT2D eigenvalue weighted by Crippen LogP contribution is 2.36. The molecule has 0 heterocycles. The summed E-state index contributed by atoms with van der Waals surface area (Å²) in [5.41, 5.74) is -0.824. The first-order valence-electron chi connectivity index (χ1n) is 6.97. The summed E-state index contributed by atoms with van der Waals surface area (Å²) in [6.07, 6.45) is -1.25. The number of benzene rings is 1. The molecule has 0 spiro atoms. The molecular formula is C15H19ClF3NO. The van der Waals surface area contributed by atoms with Crippen molar-refractivity contribution in [3.05, 3.63) is 28.8 Å². The fourth-order valence-electron chi connectivity index (χ4n) is 2.04. The average molecular weight is 322 g/mol. The van der Waals surface area contributed by atoms with Crippen molar-refractivity contribution in [2.24, 2.45) is 5.92 Å². The van der Waals surface area contributed by atoms with E-state index in [9.17, 15) is 18.0 Å². The molecule has 0 fully saturated rings. The molecule has 0 saturated carbocycles. The molecule has 6 heteroatoms. The Labute approximate surface area is 127 Å². The maximum absolute atomic E-state index is 12.8. The van der Waals surface area contributed by atoms with Gasteiger partial charge in [-0.3, -0.25) is 4.79 Å². The van der Waals surface area contributed by atoms with Crippen LogP contribution in [0.25, 0.3) is 0 Å². The summed E-state index contributed by atoms with van der Waals surface area (Å²) in [5, 5.41) is 2.17. The summed E-state index contributed by atoms with van der Waals surface area (Å²) in [7, 11) is 0. The van der Waals surface area contributed by atoms with Crippen LogP contribution < -0.4 is 5.32 Å². The lowest BCUT2D eigenvalue weighted by Gasteiger charge is -2.16. The van der Waals surface area contributed by atoms with E-state index >= 15 is 0 Å². The maximum Gasteiger partial charge on any atom is 0.417 e. The number of alkyl halides is 3. The van der Waals surface area contributed by atoms with E-state index in [2.05, 4.69) is 5.32 Å². The van der Waals surface area contributed by atoms with Crippen LogP contribution in [0, 0.1) is 5.92 Å². The van der Waals surface area contributed by atoms with Crippen molar-refractivity contribution in [3.8, 4) is 0 Å². The van der Waals surface area contributed by atoms with Crippen molar-refractivity contribution in [2.45, 2.75) is 45.7 Å². The normalized spacial score (nSPS) is 13.0. The number of halogens is 4. The monoisotopic (exact) mass is 321 g/mol. The minimum atomic E-state index is -4.54. The Balaban J connectivity index is 2.85. The van der Waals surface area contributed by atoms with Gasteiger partial charge < -0.3 is 5.32 Å². The number of unbranched alkanes of at least 4 members (excludes halogenated alkanes) is 1. The number of rotatable bonds is 6. The number of nitrogens with one attached hydrogen (secondary N) is 1. The van der Waals surface area contributed by atoms with E-state index in [1.54, 1.807) is 0 Å². The minimum absolute atomic E-state index is 0.117. The number of hydrogen-bond donors (Lipinski definition) is 1. The molecule has 0 aliphatic heterocycles. The van der Waals surface area contributed by atoms with Crippen LogP contribution in [0.4, 0.5) is 18.9 Å². The van der Waals surface area contributed by atoms with Crippen molar-refractivity contribution >= 4 is 23.2 Å². The van der Waals surface area contributed by atoms with Crippen LogP contribution in [-0.4, -0.2) is 5.91 Å². The highest BCUT2D eigenvalue weighted by atomic mass is 35.5. The number of hydrogen-bond acceptors (Lipinski definition) is 1. The molecule has 1 amide bonds. The van der Waals surface area contributed by atoms with Gasteiger partial charge in [0, 0.05) is 11.6 Å². The molecule has 0 saturated heterocycles. The van der Waals surface area contributed by atoms with Crippen molar-refractivity contribution in [3.63, 3.8) is 0 Å². The van der Waals surface area contributed by atoms with E-state index in [4.69, 9.17) is 11.6 Å². The molecule has 0 bridgehead atoms. The smallest absolute Gasteiger partial charge is 0.326 e. The Hall–Kier alpha value is -1.23. The van der Waals surface area contributed by atoms with E-state index in [-0.39, 0.29) is 22.5 Å². The van der Waals surface area contributed by atoms with Crippen LogP contribution in [0.1, 0.15) is 45.1 Å². The average Bonchev–Trinajstić information content (AvgIpc) is 2.40. The predicted octanol–water partition coefficient (Wildman–Crippen LogP) is 5.51. The van der Waals surface area contributed by atoms with Gasteiger partial charge in [0.25, 0.3) is 0 Å². The summed E-state index contributed by atoms with van der Waals surface area (Å²) in [6, 6.07) is 3.39. The minimum Gasteiger partial charge on any atom is -0.326 e. The van der Waals surface area contributed by atoms with Crippen molar-refractivity contribution in [2.75, 3.05) is 5.32 Å². The lowest BCUT2D eigenvalue weighted by Crippen LogP contribution is -2.22. The maximum atomic E-state index is 12.8. The van der Waals surface area contributed by atoms with Gasteiger partial charge in [-0.2, -0.15) is 13.2 Å². The van der Waals surface area contributed by atoms with E-state index in [1.165, 1.54) is 6.07 Å². The number of carbonyl (C=O) groups excluding carboxylic acids is 1. The van der Waals surface area contributed by atoms with Crippen LogP contribution in [0.2, 0.25) is 5.02 Å². The first kappa shape index (κ1) is 17.8. The van der Waals surface area contributed by atoms with Gasteiger partial charge in [-0.25, -0.2) is 0 Å². The second-order valence-electron chi connectivity index (χ2n) is 4.93. The fraction of sp³-hybridized carbons (Fsp3) is 0.533. The molecule has 0 aliphatic carbocycles. The van der Waals surface area contributed by atoms with Crippen LogP contribution in [-0.2, 0) is 11.0 Å². The number of amides is 1. The largest absolute Gasteiger partial charge is 0.417 e. The highest BCUT2D eigenvalue weighted by Gasteiger charge is 2.33. The van der Waals surface area contributed by atoms with E-state index in [0.717, 1.165) is 31.4 Å². The Morgan fingerprint density at radius 3 is 2.52 bits per heavy atom. The van der Waals surface area contributed by atoms with Gasteiger partial charge in [-0.15, -0.1) is 0 Å². The molecule has 1 atom stereocenters. The van der Waals surface area contributed by atoms with Crippen molar-refractivity contribution < 1.29 is 18.0 Å². The second-order valence-corrected chi connectivity index (χ2v) is 5.34. The topological polar surface area (TPSA) is 29.1 Å². The first-order valence-corrected chi connectivity index (χ1v) is 7.35. The first-order chi connectivity index (χ1) is 9.79. The SMILES string of the molecule is CCCC[C@H](CC)C(=O)Nc1ccc(Cl)c(C(F)(F)F)c1. The van der Waals surface area contributed by atoms with E-state index in [1.807, 2.05) is 13.8 Å². The summed E-state index contributed by atoms with van der Waals surface area (Å²) < 4.78 is 38.3. The molecule has 0 radical (unpaired) electrons. The fourth-order valence-corrected chi connectivity index (χ4v) is 2.26. The molecule has 0 aliphatic rings. The van der Waals surface area contributed by atoms with Crippen LogP contribution in [0.5, 0.6) is 0 Å². The van der Waals surface area contributed by atoms with Gasteiger partial charge in [0.2, 0.25) is 5.91 Å². The molecule has 1 rings (SSSR count). The molecule has 1 N–H and O–H groups in total. The quantitative estimate of drug-likeness (QED) is 0.735. The van der Waals surface area contributed by atoms with Crippen LogP contribution in [0.15, 0.2) is 18.2 Å². The summed E-state index contributed by atoms with van der Waals surface area (Å²) in [5.74, 6) is -0.434. The van der Waals surface area contributed by atoms with Gasteiger partial charge in [0.05, 0.1) is 10.6 Å². The van der Waals surface area contributed by atoms with Gasteiger partial charge in [0.1, 0.15) is 0 Å². The Kier molecular flexibility index (Phi) is 6.52. The van der Waals surface area contributed by atoms with Gasteiger partial charge in [-0.05, 0) is 31.0 Å². The number of carbonyl (C=O) groups is 1. The molecule has 2 nitrogen and oxygen atoms in total. The zero-order chi connectivity index (χ0) is 16.0. The summed E-state index contributed by atoms with van der Waals surface area (Å²) >= 11 is 5.54. The van der Waals surface area contributed by atoms with Gasteiger partial charge in [0.15, 0.2) is 0 Å². The highest BCUT2D eigenvalue weighted by molar-refractivity contribution is 6.31. The third-order valence-electron chi connectivity index (χ3n) is 3.31. The van der Waals surface area contributed by atoms with Crippen molar-refractivity contribution in [1.82, 2.24) is 0 Å². The zero-order valence-electron chi connectivity index (χ0n) is 12.1. The van der Waals surface area contributed by atoms with Crippen LogP contribution >= 0.6 is 11.6 Å². The zero-order valence-corrected chi connectivity index (χ0v) is 12.8. The third kappa shape index (κ3) is 5.23. The third-order valence-corrected chi connectivity index (χ3v) is 3.64. The molecule has 1 aromatic carbocycles. The Bertz CT molecular complexity index is 488. The van der Waals surface area contributed by atoms with Gasteiger partial charge in [-0.1, -0.05) is 38.3 Å². The lowest BCUT2D eigenvalue weighted by molar-refractivity contribution is -0.137. The molecular weight excluding hydrogens is 303 g/mol. The molecule has 21 heavy (non-hydrogen) atoms. The van der Waals surface area contributed by atoms with Gasteiger partial charge >= 0.3 is 6.18 Å². The Morgan fingerprint density at radius 1 is 1.33 bits per heavy atom. The molecule has 1 aromatic rings. The lowest BCUT2D eigenvalue weighted by atomic mass is 9.98. The summed E-state index contributed by atoms with van der Waals surface area (Å²) in [6.45, 7) is 3.92. The van der Waals surface area contributed by atoms with Crippen LogP contribution in [0.3, 0.4) is 0 Å². The molecule has 0 aromatic heterocycles. The van der Waals surface area contributed by atoms with Crippen molar-refractivity contribution in [1.29, 1.82) is 0 Å².